The van der Waals surface area contributed by atoms with E-state index in [1.54, 1.807) is 12.3 Å². The van der Waals surface area contributed by atoms with Crippen LogP contribution >= 0.6 is 0 Å². The summed E-state index contributed by atoms with van der Waals surface area (Å²) in [5.74, 6) is 0.577. The zero-order valence-electron chi connectivity index (χ0n) is 11.8. The molecule has 0 radical (unpaired) electrons. The fourth-order valence-electron chi connectivity index (χ4n) is 2.25. The molecule has 0 aliphatic rings. The second-order valence-electron chi connectivity index (χ2n) is 4.81. The third-order valence-electron chi connectivity index (χ3n) is 3.27. The number of nitrogens with zero attached hydrogens (tertiary/aromatic N) is 1. The number of amides is 1. The van der Waals surface area contributed by atoms with Crippen molar-refractivity contribution >= 4 is 16.8 Å². The van der Waals surface area contributed by atoms with Crippen LogP contribution in [0.2, 0.25) is 0 Å². The number of nitrogens with one attached hydrogen (secondary N) is 1. The molecule has 106 valence electrons. The Kier molecular flexibility index (Phi) is 3.69. The fraction of sp³-hybridized carbons (Fsp3) is 0.176. The molecular weight excluding hydrogens is 264 g/mol. The average Bonchev–Trinajstić information content (AvgIpc) is 3.06. The molecule has 0 atom stereocenters. The van der Waals surface area contributed by atoms with Crippen LogP contribution in [0.4, 0.5) is 0 Å². The van der Waals surface area contributed by atoms with Crippen LogP contribution < -0.4 is 5.32 Å². The normalized spacial score (nSPS) is 10.7. The van der Waals surface area contributed by atoms with Crippen molar-refractivity contribution in [1.29, 1.82) is 0 Å². The largest absolute Gasteiger partial charge is 0.463 e. The van der Waals surface area contributed by atoms with Crippen LogP contribution in [0.25, 0.3) is 22.4 Å². The summed E-state index contributed by atoms with van der Waals surface area (Å²) in [4.78, 5) is 16.9. The van der Waals surface area contributed by atoms with Crippen molar-refractivity contribution in [3.8, 4) is 11.5 Å². The number of hydrogen-bond donors (Lipinski definition) is 1. The highest BCUT2D eigenvalue weighted by Gasteiger charge is 2.14. The monoisotopic (exact) mass is 280 g/mol. The van der Waals surface area contributed by atoms with Gasteiger partial charge in [0.05, 0.1) is 17.3 Å². The van der Waals surface area contributed by atoms with Gasteiger partial charge in [0, 0.05) is 11.9 Å². The first-order valence-corrected chi connectivity index (χ1v) is 7.01. The van der Waals surface area contributed by atoms with E-state index in [1.165, 1.54) is 0 Å². The van der Waals surface area contributed by atoms with Crippen molar-refractivity contribution in [2.45, 2.75) is 13.3 Å². The molecule has 0 unspecified atom stereocenters. The smallest absolute Gasteiger partial charge is 0.252 e. The Balaban J connectivity index is 2.14. The highest BCUT2D eigenvalue weighted by atomic mass is 16.3. The molecule has 0 aliphatic carbocycles. The lowest BCUT2D eigenvalue weighted by Gasteiger charge is -2.09. The summed E-state index contributed by atoms with van der Waals surface area (Å²) in [6, 6.07) is 13.1. The Morgan fingerprint density at radius 2 is 2.10 bits per heavy atom. The number of carbonyl (C=O) groups excluding carboxylic acids is 1. The number of aromatic nitrogens is 1. The highest BCUT2D eigenvalue weighted by Crippen LogP contribution is 2.25. The Morgan fingerprint density at radius 1 is 1.24 bits per heavy atom. The van der Waals surface area contributed by atoms with Gasteiger partial charge in [-0.15, -0.1) is 0 Å². The second kappa shape index (κ2) is 5.79. The van der Waals surface area contributed by atoms with Crippen LogP contribution in [0, 0.1) is 0 Å². The van der Waals surface area contributed by atoms with E-state index in [1.807, 2.05) is 43.3 Å². The molecule has 0 fully saturated rings. The molecular formula is C17H16N2O2. The molecule has 0 saturated heterocycles. The van der Waals surface area contributed by atoms with Crippen LogP contribution in [0.3, 0.4) is 0 Å². The topological polar surface area (TPSA) is 55.1 Å². The third-order valence-corrected chi connectivity index (χ3v) is 3.27. The molecule has 0 bridgehead atoms. The van der Waals surface area contributed by atoms with Crippen LogP contribution in [0.15, 0.2) is 53.1 Å². The molecule has 21 heavy (non-hydrogen) atoms. The predicted molar refractivity (Wildman–Crippen MR) is 82.1 cm³/mol. The molecule has 0 spiro atoms. The van der Waals surface area contributed by atoms with E-state index in [-0.39, 0.29) is 5.91 Å². The maximum absolute atomic E-state index is 12.4. The molecule has 0 saturated carbocycles. The first-order chi connectivity index (χ1) is 10.3. The lowest BCUT2D eigenvalue weighted by Crippen LogP contribution is -2.24. The molecule has 3 rings (SSSR count). The summed E-state index contributed by atoms with van der Waals surface area (Å²) < 4.78 is 5.39. The van der Waals surface area contributed by atoms with Crippen molar-refractivity contribution in [1.82, 2.24) is 10.3 Å². The van der Waals surface area contributed by atoms with Crippen LogP contribution in [-0.2, 0) is 0 Å². The number of benzene rings is 1. The summed E-state index contributed by atoms with van der Waals surface area (Å²) in [5.41, 5.74) is 2.08. The number of fused-ring (bicyclic) bond motifs is 1. The summed E-state index contributed by atoms with van der Waals surface area (Å²) in [5, 5.41) is 3.76. The number of rotatable bonds is 4. The molecule has 1 aromatic carbocycles. The molecule has 0 aliphatic heterocycles. The van der Waals surface area contributed by atoms with Gasteiger partial charge in [0.2, 0.25) is 0 Å². The fourth-order valence-corrected chi connectivity index (χ4v) is 2.25. The summed E-state index contributed by atoms with van der Waals surface area (Å²) in [7, 11) is 0. The van der Waals surface area contributed by atoms with E-state index >= 15 is 0 Å². The van der Waals surface area contributed by atoms with Gasteiger partial charge in [-0.1, -0.05) is 25.1 Å². The maximum Gasteiger partial charge on any atom is 0.252 e. The van der Waals surface area contributed by atoms with E-state index < -0.39 is 0 Å². The predicted octanol–water partition coefficient (Wildman–Crippen LogP) is 3.63. The Bertz CT molecular complexity index is 764. The quantitative estimate of drug-likeness (QED) is 0.794. The SMILES string of the molecule is CCCNC(=O)c1cc(-c2ccco2)nc2ccccc12. The van der Waals surface area contributed by atoms with E-state index in [2.05, 4.69) is 10.3 Å². The first kappa shape index (κ1) is 13.4. The van der Waals surface area contributed by atoms with Crippen LogP contribution in [0.1, 0.15) is 23.7 Å². The minimum Gasteiger partial charge on any atom is -0.463 e. The molecule has 1 N–H and O–H groups in total. The maximum atomic E-state index is 12.4. The minimum absolute atomic E-state index is 0.0803. The summed E-state index contributed by atoms with van der Waals surface area (Å²) in [6.45, 7) is 2.69. The number of carbonyl (C=O) groups is 1. The Labute approximate surface area is 122 Å². The summed E-state index contributed by atoms with van der Waals surface area (Å²) >= 11 is 0. The Morgan fingerprint density at radius 3 is 2.86 bits per heavy atom. The van der Waals surface area contributed by atoms with Crippen molar-refractivity contribution in [2.75, 3.05) is 6.54 Å². The zero-order chi connectivity index (χ0) is 14.7. The van der Waals surface area contributed by atoms with Gasteiger partial charge in [0.1, 0.15) is 5.69 Å². The van der Waals surface area contributed by atoms with Gasteiger partial charge in [-0.25, -0.2) is 4.98 Å². The van der Waals surface area contributed by atoms with Gasteiger partial charge >= 0.3 is 0 Å². The van der Waals surface area contributed by atoms with E-state index in [0.717, 1.165) is 17.3 Å². The van der Waals surface area contributed by atoms with E-state index in [9.17, 15) is 4.79 Å². The zero-order valence-corrected chi connectivity index (χ0v) is 11.8. The molecule has 2 heterocycles. The van der Waals surface area contributed by atoms with Gasteiger partial charge in [0.15, 0.2) is 5.76 Å². The summed E-state index contributed by atoms with van der Waals surface area (Å²) in [6.07, 6.45) is 2.50. The van der Waals surface area contributed by atoms with Crippen molar-refractivity contribution in [3.05, 3.63) is 54.3 Å². The lowest BCUT2D eigenvalue weighted by molar-refractivity contribution is 0.0955. The first-order valence-electron chi connectivity index (χ1n) is 7.01. The molecule has 1 amide bonds. The number of furan rings is 1. The molecule has 3 aromatic rings. The van der Waals surface area contributed by atoms with Crippen molar-refractivity contribution in [2.24, 2.45) is 0 Å². The standard InChI is InChI=1S/C17H16N2O2/c1-2-9-18-17(20)13-11-15(16-8-5-10-21-16)19-14-7-4-3-6-12(13)14/h3-8,10-11H,2,9H2,1H3,(H,18,20). The minimum atomic E-state index is -0.0803. The molecule has 4 nitrogen and oxygen atoms in total. The molecule has 2 aromatic heterocycles. The van der Waals surface area contributed by atoms with Gasteiger partial charge in [-0.3, -0.25) is 4.79 Å². The Hall–Kier alpha value is -2.62. The van der Waals surface area contributed by atoms with Gasteiger partial charge in [-0.05, 0) is 30.7 Å². The number of para-hydroxylation sites is 1. The van der Waals surface area contributed by atoms with Gasteiger partial charge < -0.3 is 9.73 Å². The second-order valence-corrected chi connectivity index (χ2v) is 4.81. The highest BCUT2D eigenvalue weighted by molar-refractivity contribution is 6.07. The van der Waals surface area contributed by atoms with E-state index in [0.29, 0.717) is 23.6 Å². The van der Waals surface area contributed by atoms with Crippen molar-refractivity contribution < 1.29 is 9.21 Å². The van der Waals surface area contributed by atoms with Crippen LogP contribution in [-0.4, -0.2) is 17.4 Å². The third kappa shape index (κ3) is 2.65. The number of pyridine rings is 1. The van der Waals surface area contributed by atoms with Crippen LogP contribution in [0.5, 0.6) is 0 Å². The average molecular weight is 280 g/mol. The van der Waals surface area contributed by atoms with Gasteiger partial charge in [-0.2, -0.15) is 0 Å². The molecule has 4 heteroatoms. The lowest BCUT2D eigenvalue weighted by atomic mass is 10.1. The van der Waals surface area contributed by atoms with Crippen molar-refractivity contribution in [3.63, 3.8) is 0 Å². The van der Waals surface area contributed by atoms with Gasteiger partial charge in [0.25, 0.3) is 5.91 Å². The van der Waals surface area contributed by atoms with E-state index in [4.69, 9.17) is 4.42 Å². The number of hydrogen-bond acceptors (Lipinski definition) is 3.